The van der Waals surface area contributed by atoms with Crippen molar-refractivity contribution in [1.82, 2.24) is 15.1 Å². The normalized spacial score (nSPS) is 14.2. The van der Waals surface area contributed by atoms with Crippen LogP contribution < -0.4 is 5.32 Å². The molecule has 0 radical (unpaired) electrons. The van der Waals surface area contributed by atoms with Crippen LogP contribution in [0.2, 0.25) is 0 Å². The number of aromatic nitrogens is 2. The van der Waals surface area contributed by atoms with Crippen LogP contribution in [0.3, 0.4) is 0 Å². The predicted octanol–water partition coefficient (Wildman–Crippen LogP) is 3.82. The molecule has 0 saturated carbocycles. The summed E-state index contributed by atoms with van der Waals surface area (Å²) in [6, 6.07) is 0. The number of nitrogens with zero attached hydrogens (tertiary/aromatic N) is 2. The third kappa shape index (κ3) is 6.29. The minimum atomic E-state index is -0.544. The van der Waals surface area contributed by atoms with Crippen molar-refractivity contribution in [3.8, 4) is 0 Å². The Labute approximate surface area is 159 Å². The van der Waals surface area contributed by atoms with Crippen molar-refractivity contribution in [1.29, 1.82) is 0 Å². The molecule has 0 fully saturated rings. The Kier molecular flexibility index (Phi) is 7.93. The first-order valence-electron chi connectivity index (χ1n) is 8.87. The van der Waals surface area contributed by atoms with Crippen molar-refractivity contribution >= 4 is 22.0 Å². The molecule has 0 spiro atoms. The van der Waals surface area contributed by atoms with E-state index in [0.717, 1.165) is 35.2 Å². The van der Waals surface area contributed by atoms with Crippen molar-refractivity contribution in [2.75, 3.05) is 13.2 Å². The Morgan fingerprint density at radius 1 is 1.36 bits per heavy atom. The molecule has 0 aliphatic carbocycles. The van der Waals surface area contributed by atoms with Crippen LogP contribution in [0.1, 0.15) is 58.8 Å². The van der Waals surface area contributed by atoms with Crippen molar-refractivity contribution in [2.45, 2.75) is 73.0 Å². The Morgan fingerprint density at radius 2 is 2.00 bits per heavy atom. The minimum absolute atomic E-state index is 0.0168. The molecule has 1 unspecified atom stereocenters. The highest BCUT2D eigenvalue weighted by Crippen LogP contribution is 2.32. The van der Waals surface area contributed by atoms with E-state index >= 15 is 0 Å². The van der Waals surface area contributed by atoms with E-state index in [1.807, 2.05) is 39.3 Å². The summed E-state index contributed by atoms with van der Waals surface area (Å²) in [7, 11) is 0. The first-order chi connectivity index (χ1) is 11.6. The van der Waals surface area contributed by atoms with Gasteiger partial charge in [0, 0.05) is 18.5 Å². The van der Waals surface area contributed by atoms with Crippen LogP contribution >= 0.6 is 15.9 Å². The van der Waals surface area contributed by atoms with Crippen molar-refractivity contribution < 1.29 is 14.6 Å². The third-order valence-corrected chi connectivity index (χ3v) is 5.15. The molecule has 1 heterocycles. The SMILES string of the molecule is CCCC(CO)(CNC(=O)OC(C)(C)C)Cc1c(Br)c(C)nn1CC. The molecule has 0 aromatic carbocycles. The monoisotopic (exact) mass is 417 g/mol. The van der Waals surface area contributed by atoms with Gasteiger partial charge in [-0.05, 0) is 63.4 Å². The molecule has 1 atom stereocenters. The van der Waals surface area contributed by atoms with Gasteiger partial charge in [0.2, 0.25) is 0 Å². The molecule has 0 aliphatic heterocycles. The highest BCUT2D eigenvalue weighted by molar-refractivity contribution is 9.10. The summed E-state index contributed by atoms with van der Waals surface area (Å²) in [4.78, 5) is 12.0. The zero-order valence-corrected chi connectivity index (χ0v) is 17.9. The Morgan fingerprint density at radius 3 is 2.48 bits per heavy atom. The van der Waals surface area contributed by atoms with Gasteiger partial charge < -0.3 is 15.2 Å². The largest absolute Gasteiger partial charge is 0.444 e. The molecule has 0 bridgehead atoms. The van der Waals surface area contributed by atoms with Gasteiger partial charge in [-0.2, -0.15) is 5.10 Å². The van der Waals surface area contributed by atoms with Crippen LogP contribution in [0.4, 0.5) is 4.79 Å². The number of ether oxygens (including phenoxy) is 1. The average molecular weight is 418 g/mol. The van der Waals surface area contributed by atoms with E-state index in [-0.39, 0.29) is 6.61 Å². The Bertz CT molecular complexity index is 581. The second kappa shape index (κ2) is 9.03. The number of nitrogens with one attached hydrogen (secondary N) is 1. The number of aryl methyl sites for hydroxylation is 2. The molecular formula is C18H32BrN3O3. The minimum Gasteiger partial charge on any atom is -0.444 e. The zero-order valence-electron chi connectivity index (χ0n) is 16.3. The van der Waals surface area contributed by atoms with Gasteiger partial charge in [0.25, 0.3) is 0 Å². The summed E-state index contributed by atoms with van der Waals surface area (Å²) in [5, 5.41) is 17.5. The fourth-order valence-corrected chi connectivity index (χ4v) is 3.35. The molecule has 0 saturated heterocycles. The molecular weight excluding hydrogens is 386 g/mol. The number of hydrogen-bond donors (Lipinski definition) is 2. The molecule has 7 heteroatoms. The quantitative estimate of drug-likeness (QED) is 0.673. The lowest BCUT2D eigenvalue weighted by Gasteiger charge is -2.32. The lowest BCUT2D eigenvalue weighted by atomic mass is 9.79. The van der Waals surface area contributed by atoms with Crippen LogP contribution in [0.5, 0.6) is 0 Å². The number of hydrogen-bond acceptors (Lipinski definition) is 4. The second-order valence-electron chi connectivity index (χ2n) is 7.60. The molecule has 1 amide bonds. The van der Waals surface area contributed by atoms with E-state index in [1.54, 1.807) is 0 Å². The van der Waals surface area contributed by atoms with E-state index < -0.39 is 17.1 Å². The number of carbonyl (C=O) groups is 1. The van der Waals surface area contributed by atoms with Gasteiger partial charge in [0.1, 0.15) is 5.60 Å². The maximum absolute atomic E-state index is 12.0. The highest BCUT2D eigenvalue weighted by atomic mass is 79.9. The van der Waals surface area contributed by atoms with E-state index in [2.05, 4.69) is 33.3 Å². The number of aliphatic hydroxyl groups is 1. The van der Waals surface area contributed by atoms with Gasteiger partial charge in [0.15, 0.2) is 0 Å². The third-order valence-electron chi connectivity index (χ3n) is 4.12. The van der Waals surface area contributed by atoms with Gasteiger partial charge in [-0.3, -0.25) is 4.68 Å². The maximum Gasteiger partial charge on any atom is 0.407 e. The van der Waals surface area contributed by atoms with Gasteiger partial charge in [-0.15, -0.1) is 0 Å². The molecule has 0 aliphatic rings. The fraction of sp³-hybridized carbons (Fsp3) is 0.778. The lowest BCUT2D eigenvalue weighted by Crippen LogP contribution is -2.43. The molecule has 1 aromatic heterocycles. The summed E-state index contributed by atoms with van der Waals surface area (Å²) in [6.07, 6.45) is 1.87. The second-order valence-corrected chi connectivity index (χ2v) is 8.40. The molecule has 2 N–H and O–H groups in total. The van der Waals surface area contributed by atoms with E-state index in [0.29, 0.717) is 13.0 Å². The fourth-order valence-electron chi connectivity index (χ4n) is 2.93. The predicted molar refractivity (Wildman–Crippen MR) is 103 cm³/mol. The van der Waals surface area contributed by atoms with E-state index in [4.69, 9.17) is 4.74 Å². The Hall–Kier alpha value is -1.08. The Balaban J connectivity index is 2.98. The summed E-state index contributed by atoms with van der Waals surface area (Å²) in [6.45, 7) is 12.7. The number of rotatable bonds is 8. The molecule has 25 heavy (non-hydrogen) atoms. The van der Waals surface area contributed by atoms with Crippen LogP contribution in [-0.4, -0.2) is 39.7 Å². The molecule has 1 aromatic rings. The van der Waals surface area contributed by atoms with Crippen molar-refractivity contribution in [3.63, 3.8) is 0 Å². The summed E-state index contributed by atoms with van der Waals surface area (Å²) >= 11 is 3.62. The topological polar surface area (TPSA) is 76.4 Å². The van der Waals surface area contributed by atoms with E-state index in [9.17, 15) is 9.90 Å². The average Bonchev–Trinajstić information content (AvgIpc) is 2.78. The standard InChI is InChI=1S/C18H32BrN3O3/c1-7-9-18(12-23,11-20-16(24)25-17(4,5)6)10-14-15(19)13(3)21-22(14)8-2/h23H,7-12H2,1-6H3,(H,20,24). The van der Waals surface area contributed by atoms with Gasteiger partial charge in [0.05, 0.1) is 22.5 Å². The zero-order chi connectivity index (χ0) is 19.3. The van der Waals surface area contributed by atoms with Crippen molar-refractivity contribution in [3.05, 3.63) is 15.9 Å². The number of alkyl carbamates (subject to hydrolysis) is 1. The van der Waals surface area contributed by atoms with Gasteiger partial charge >= 0.3 is 6.09 Å². The molecule has 6 nitrogen and oxygen atoms in total. The van der Waals surface area contributed by atoms with Crippen LogP contribution in [-0.2, 0) is 17.7 Å². The molecule has 144 valence electrons. The lowest BCUT2D eigenvalue weighted by molar-refractivity contribution is 0.0453. The number of amides is 1. The van der Waals surface area contributed by atoms with Gasteiger partial charge in [-0.1, -0.05) is 13.3 Å². The van der Waals surface area contributed by atoms with E-state index in [1.165, 1.54) is 0 Å². The number of aliphatic hydroxyl groups excluding tert-OH is 1. The summed E-state index contributed by atoms with van der Waals surface area (Å²) in [5.74, 6) is 0. The first kappa shape index (κ1) is 22.0. The van der Waals surface area contributed by atoms with Gasteiger partial charge in [-0.25, -0.2) is 4.79 Å². The maximum atomic E-state index is 12.0. The smallest absolute Gasteiger partial charge is 0.407 e. The van der Waals surface area contributed by atoms with Crippen LogP contribution in [0.15, 0.2) is 4.47 Å². The first-order valence-corrected chi connectivity index (χ1v) is 9.66. The van der Waals surface area contributed by atoms with Crippen LogP contribution in [0, 0.1) is 12.3 Å². The highest BCUT2D eigenvalue weighted by Gasteiger charge is 2.33. The number of halogens is 1. The summed E-state index contributed by atoms with van der Waals surface area (Å²) < 4.78 is 8.24. The summed E-state index contributed by atoms with van der Waals surface area (Å²) in [5.41, 5.74) is 0.986. The van der Waals surface area contributed by atoms with Crippen molar-refractivity contribution in [2.24, 2.45) is 5.41 Å². The van der Waals surface area contributed by atoms with Crippen LogP contribution in [0.25, 0.3) is 0 Å². The molecule has 1 rings (SSSR count). The number of carbonyl (C=O) groups excluding carboxylic acids is 1.